The molecule has 0 saturated heterocycles. The molecule has 41 heavy (non-hydrogen) atoms. The van der Waals surface area contributed by atoms with Crippen molar-refractivity contribution >= 4 is 39.4 Å². The van der Waals surface area contributed by atoms with Gasteiger partial charge in [-0.25, -0.2) is 0 Å². The van der Waals surface area contributed by atoms with Crippen molar-refractivity contribution in [3.05, 3.63) is 95.7 Å². The summed E-state index contributed by atoms with van der Waals surface area (Å²) >= 11 is 0. The van der Waals surface area contributed by atoms with Gasteiger partial charge in [-0.3, -0.25) is 4.98 Å². The van der Waals surface area contributed by atoms with Crippen LogP contribution < -0.4 is 0 Å². The van der Waals surface area contributed by atoms with Gasteiger partial charge in [0.1, 0.15) is 0 Å². The molecule has 3 aromatic carbocycles. The van der Waals surface area contributed by atoms with Gasteiger partial charge in [-0.2, -0.15) is 0 Å². The second kappa shape index (κ2) is 13.8. The van der Waals surface area contributed by atoms with Crippen molar-refractivity contribution < 1.29 is 0 Å². The molecule has 5 rings (SSSR count). The highest BCUT2D eigenvalue weighted by atomic mass is 28.3. The number of aromatic nitrogens is 2. The van der Waals surface area contributed by atoms with Crippen molar-refractivity contribution in [2.75, 3.05) is 0 Å². The third-order valence-corrected chi connectivity index (χ3v) is 10.8. The van der Waals surface area contributed by atoms with E-state index in [0.29, 0.717) is 0 Å². The van der Waals surface area contributed by atoms with E-state index in [0.717, 1.165) is 5.69 Å². The summed E-state index contributed by atoms with van der Waals surface area (Å²) in [5.74, 6) is 0. The zero-order valence-corrected chi connectivity index (χ0v) is 28.2. The quantitative estimate of drug-likeness (QED) is 0.101. The molecular formula is C37H48N2Si2. The number of nitrogens with zero attached hydrogens (tertiary/aromatic N) is 2. The predicted octanol–water partition coefficient (Wildman–Crippen LogP) is 9.89. The minimum atomic E-state index is -0.690. The van der Waals surface area contributed by atoms with E-state index in [1.54, 1.807) is 0 Å². The van der Waals surface area contributed by atoms with Gasteiger partial charge < -0.3 is 4.57 Å². The van der Waals surface area contributed by atoms with Crippen LogP contribution in [0.4, 0.5) is 0 Å². The second-order valence-electron chi connectivity index (χ2n) is 12.8. The summed E-state index contributed by atoms with van der Waals surface area (Å²) in [5, 5.41) is 2.77. The number of fused-ring (bicyclic) bond motifs is 3. The first kappa shape index (κ1) is 29.5. The summed E-state index contributed by atoms with van der Waals surface area (Å²) in [4.78, 5) is 4.80. The molecule has 214 valence electrons. The Morgan fingerprint density at radius 3 is 1.76 bits per heavy atom. The van der Waals surface area contributed by atoms with Crippen LogP contribution in [0.2, 0.25) is 26.2 Å². The van der Waals surface area contributed by atoms with Gasteiger partial charge in [-0.15, -0.1) is 0 Å². The van der Waals surface area contributed by atoms with E-state index in [2.05, 4.69) is 110 Å². The minimum absolute atomic E-state index is 0.690. The molecular weight excluding hydrogens is 529 g/mol. The van der Waals surface area contributed by atoms with Crippen LogP contribution in [0.5, 0.6) is 0 Å². The van der Waals surface area contributed by atoms with Gasteiger partial charge in [0.2, 0.25) is 0 Å². The van der Waals surface area contributed by atoms with Crippen molar-refractivity contribution in [3.63, 3.8) is 0 Å². The average molecular weight is 577 g/mol. The van der Waals surface area contributed by atoms with E-state index >= 15 is 0 Å². The largest absolute Gasteiger partial charge is 0.309 e. The predicted molar refractivity (Wildman–Crippen MR) is 186 cm³/mol. The summed E-state index contributed by atoms with van der Waals surface area (Å²) in [5.41, 5.74) is 10.4. The van der Waals surface area contributed by atoms with Crippen LogP contribution in [-0.4, -0.2) is 27.1 Å². The Morgan fingerprint density at radius 2 is 1.17 bits per heavy atom. The number of hydrogen-bond acceptors (Lipinski definition) is 1. The second-order valence-corrected chi connectivity index (χ2v) is 19.2. The molecule has 2 heterocycles. The zero-order valence-electron chi connectivity index (χ0n) is 25.9. The summed E-state index contributed by atoms with van der Waals surface area (Å²) in [7, 11) is -1.38. The lowest BCUT2D eigenvalue weighted by molar-refractivity contribution is 0.607. The molecule has 4 heteroatoms. The molecule has 2 nitrogen and oxygen atoms in total. The normalized spacial score (nSPS) is 11.9. The molecule has 0 bridgehead atoms. The molecule has 0 saturated carbocycles. The molecule has 0 radical (unpaired) electrons. The highest BCUT2D eigenvalue weighted by Gasteiger charge is 2.15. The lowest BCUT2D eigenvalue weighted by Crippen LogP contribution is -2.05. The third-order valence-electron chi connectivity index (χ3n) is 8.25. The van der Waals surface area contributed by atoms with Crippen molar-refractivity contribution in [2.45, 2.75) is 90.1 Å². The van der Waals surface area contributed by atoms with E-state index in [1.807, 2.05) is 6.20 Å². The van der Waals surface area contributed by atoms with Crippen molar-refractivity contribution in [3.8, 4) is 16.9 Å². The Bertz CT molecular complexity index is 1510. The standard InChI is InChI=1S/C37H48N2Si2/c1-6-7-8-9-10-11-12-28-13-17-31(18-14-28)35-25-32(21-22-38-35)39-36-19-15-29(26-40(2)3)23-33(36)34-24-30(27-41(4)5)16-20-37(34)39/h13-25,40-41H,6-12,26-27H2,1-5H3. The first-order chi connectivity index (χ1) is 19.9. The highest BCUT2D eigenvalue weighted by Crippen LogP contribution is 2.34. The van der Waals surface area contributed by atoms with E-state index in [9.17, 15) is 0 Å². The van der Waals surface area contributed by atoms with Gasteiger partial charge in [0, 0.05) is 45.8 Å². The first-order valence-electron chi connectivity index (χ1n) is 16.0. The van der Waals surface area contributed by atoms with E-state index < -0.39 is 17.6 Å². The number of benzene rings is 3. The molecule has 0 amide bonds. The van der Waals surface area contributed by atoms with Crippen LogP contribution >= 0.6 is 0 Å². The SMILES string of the molecule is CCCCCCCCc1ccc(-c2cc(-n3c4ccc(C[SiH](C)C)cc4c4cc(C[SiH](C)C)ccc43)ccn2)cc1. The fourth-order valence-corrected chi connectivity index (χ4v) is 8.65. The van der Waals surface area contributed by atoms with Crippen molar-refractivity contribution in [2.24, 2.45) is 0 Å². The Morgan fingerprint density at radius 1 is 0.610 bits per heavy atom. The molecule has 0 fully saturated rings. The smallest absolute Gasteiger partial charge is 0.0722 e. The monoisotopic (exact) mass is 576 g/mol. The Kier molecular flexibility index (Phi) is 9.94. The molecule has 0 spiro atoms. The van der Waals surface area contributed by atoms with Crippen LogP contribution in [-0.2, 0) is 18.5 Å². The van der Waals surface area contributed by atoms with Crippen LogP contribution in [0.15, 0.2) is 79.0 Å². The Labute approximate surface area is 251 Å². The zero-order chi connectivity index (χ0) is 28.8. The van der Waals surface area contributed by atoms with Crippen LogP contribution in [0, 0.1) is 0 Å². The van der Waals surface area contributed by atoms with Crippen LogP contribution in [0.1, 0.15) is 62.1 Å². The van der Waals surface area contributed by atoms with E-state index in [-0.39, 0.29) is 0 Å². The summed E-state index contributed by atoms with van der Waals surface area (Å²) in [6.45, 7) is 12.1. The van der Waals surface area contributed by atoms with Crippen molar-refractivity contribution in [1.82, 2.24) is 9.55 Å². The van der Waals surface area contributed by atoms with Crippen LogP contribution in [0.3, 0.4) is 0 Å². The van der Waals surface area contributed by atoms with Gasteiger partial charge in [-0.1, -0.05) is 113 Å². The van der Waals surface area contributed by atoms with E-state index in [1.165, 1.54) is 107 Å². The molecule has 0 aliphatic rings. The number of hydrogen-bond donors (Lipinski definition) is 0. The Hall–Kier alpha value is -2.96. The van der Waals surface area contributed by atoms with E-state index in [4.69, 9.17) is 4.98 Å². The molecule has 5 aromatic rings. The van der Waals surface area contributed by atoms with Gasteiger partial charge >= 0.3 is 0 Å². The van der Waals surface area contributed by atoms with Gasteiger partial charge in [0.05, 0.1) is 16.7 Å². The van der Waals surface area contributed by atoms with Crippen molar-refractivity contribution in [1.29, 1.82) is 0 Å². The third kappa shape index (κ3) is 7.28. The average Bonchev–Trinajstić information content (AvgIpc) is 3.27. The number of pyridine rings is 1. The summed E-state index contributed by atoms with van der Waals surface area (Å²) in [6, 6.07) is 30.4. The molecule has 0 N–H and O–H groups in total. The fraction of sp³-hybridized carbons (Fsp3) is 0.378. The maximum Gasteiger partial charge on any atom is 0.0722 e. The Balaban J connectivity index is 1.47. The molecule has 0 unspecified atom stereocenters. The maximum atomic E-state index is 4.80. The van der Waals surface area contributed by atoms with Gasteiger partial charge in [-0.05, 0) is 66.9 Å². The lowest BCUT2D eigenvalue weighted by Gasteiger charge is -2.11. The maximum absolute atomic E-state index is 4.80. The number of rotatable bonds is 13. The van der Waals surface area contributed by atoms with Crippen LogP contribution in [0.25, 0.3) is 38.8 Å². The fourth-order valence-electron chi connectivity index (χ4n) is 6.26. The van der Waals surface area contributed by atoms with Gasteiger partial charge in [0.15, 0.2) is 0 Å². The number of unbranched alkanes of at least 4 members (excludes halogenated alkanes) is 5. The summed E-state index contributed by atoms with van der Waals surface area (Å²) < 4.78 is 2.45. The molecule has 0 aliphatic heterocycles. The topological polar surface area (TPSA) is 17.8 Å². The molecule has 2 aromatic heterocycles. The minimum Gasteiger partial charge on any atom is -0.309 e. The van der Waals surface area contributed by atoms with Gasteiger partial charge in [0.25, 0.3) is 0 Å². The highest BCUT2D eigenvalue weighted by molar-refractivity contribution is 6.55. The molecule has 0 atom stereocenters. The number of aryl methyl sites for hydroxylation is 1. The summed E-state index contributed by atoms with van der Waals surface area (Å²) in [6.07, 6.45) is 11.2. The first-order valence-corrected chi connectivity index (χ1v) is 22.3. The molecule has 0 aliphatic carbocycles. The lowest BCUT2D eigenvalue weighted by atomic mass is 10.0.